The smallest absolute Gasteiger partial charge is 0.781 e. The SMILES string of the molecule is C[CH-]CCC.[CH2-]C[CH-]C.[S-]CSSC[S-].[W+2].[W+2].[W].[Y].[Y]. The molecule has 0 aromatic heterocycles. The second-order valence-corrected chi connectivity index (χ2v) is 6.14. The second-order valence-electron chi connectivity index (χ2n) is 2.37. The predicted octanol–water partition coefficient (Wildman–Crippen LogP) is 4.81. The fraction of sp³-hybridized carbons (Fsp3) is 0.727. The fourth-order valence-corrected chi connectivity index (χ4v) is 2.13. The molecule has 0 unspecified atom stereocenters. The zero-order valence-corrected chi connectivity index (χ0v) is 30.2. The van der Waals surface area contributed by atoms with Gasteiger partial charge in [0.15, 0.2) is 0 Å². The van der Waals surface area contributed by atoms with Gasteiger partial charge in [-0.2, -0.15) is 20.3 Å². The van der Waals surface area contributed by atoms with Crippen LogP contribution in [0, 0.1) is 19.8 Å². The molecular formula is C11H23S4W3Y2-. The molecule has 0 aliphatic rings. The molecule has 0 fully saturated rings. The minimum Gasteiger partial charge on any atom is -0.781 e. The summed E-state index contributed by atoms with van der Waals surface area (Å²) < 4.78 is 0. The van der Waals surface area contributed by atoms with Gasteiger partial charge in [0.2, 0.25) is 0 Å². The normalized spacial score (nSPS) is 6.30. The van der Waals surface area contributed by atoms with Crippen LogP contribution in [0.15, 0.2) is 0 Å². The third-order valence-electron chi connectivity index (χ3n) is 1.05. The van der Waals surface area contributed by atoms with Gasteiger partial charge in [0.1, 0.15) is 0 Å². The maximum Gasteiger partial charge on any atom is 2.00 e. The third kappa shape index (κ3) is 89.3. The van der Waals surface area contributed by atoms with Crippen molar-refractivity contribution < 1.29 is 129 Å². The van der Waals surface area contributed by atoms with Crippen LogP contribution in [-0.2, 0) is 154 Å². The number of hydrogen-bond donors (Lipinski definition) is 0. The Morgan fingerprint density at radius 2 is 1.25 bits per heavy atom. The summed E-state index contributed by atoms with van der Waals surface area (Å²) in [7, 11) is 3.27. The van der Waals surface area contributed by atoms with E-state index < -0.39 is 0 Å². The molecule has 0 saturated carbocycles. The van der Waals surface area contributed by atoms with Gasteiger partial charge in [-0.05, 0) is 0 Å². The van der Waals surface area contributed by atoms with Crippen LogP contribution in [0.4, 0.5) is 0 Å². The van der Waals surface area contributed by atoms with E-state index in [1.165, 1.54) is 12.8 Å². The molecular weight excluding hydrogens is 990 g/mol. The summed E-state index contributed by atoms with van der Waals surface area (Å²) in [6, 6.07) is 0. The molecule has 20 heavy (non-hydrogen) atoms. The Hall–Kier alpha value is 5.67. The van der Waals surface area contributed by atoms with Crippen molar-refractivity contribution in [1.29, 1.82) is 0 Å². The zero-order chi connectivity index (χ0) is 12.4. The maximum atomic E-state index is 4.61. The molecule has 0 aromatic rings. The summed E-state index contributed by atoms with van der Waals surface area (Å²) >= 11 is 9.23. The van der Waals surface area contributed by atoms with Gasteiger partial charge in [0.05, 0.1) is 0 Å². The van der Waals surface area contributed by atoms with Gasteiger partial charge in [-0.25, -0.2) is 0 Å². The van der Waals surface area contributed by atoms with Crippen LogP contribution in [0.5, 0.6) is 0 Å². The van der Waals surface area contributed by atoms with Crippen LogP contribution in [0.3, 0.4) is 0 Å². The van der Waals surface area contributed by atoms with E-state index in [1.54, 1.807) is 21.6 Å². The molecule has 0 aliphatic heterocycles. The molecule has 116 valence electrons. The predicted molar refractivity (Wildman–Crippen MR) is 84.5 cm³/mol. The summed E-state index contributed by atoms with van der Waals surface area (Å²) in [6.45, 7) is 9.81. The van der Waals surface area contributed by atoms with Gasteiger partial charge in [0, 0.05) is 86.5 Å². The first kappa shape index (κ1) is 50.0. The van der Waals surface area contributed by atoms with Gasteiger partial charge in [-0.1, -0.05) is 13.3 Å². The van der Waals surface area contributed by atoms with E-state index in [4.69, 9.17) is 0 Å². The molecule has 0 atom stereocenters. The van der Waals surface area contributed by atoms with Crippen molar-refractivity contribution in [3.63, 3.8) is 0 Å². The van der Waals surface area contributed by atoms with E-state index in [-0.39, 0.29) is 129 Å². The summed E-state index contributed by atoms with van der Waals surface area (Å²) in [5.74, 6) is 0. The zero-order valence-electron chi connectivity index (χ0n) is 12.4. The van der Waals surface area contributed by atoms with Crippen molar-refractivity contribution in [2.24, 2.45) is 0 Å². The minimum atomic E-state index is 0. The van der Waals surface area contributed by atoms with Crippen molar-refractivity contribution in [2.45, 2.75) is 40.0 Å². The first-order valence-electron chi connectivity index (χ1n) is 5.00. The van der Waals surface area contributed by atoms with Crippen molar-refractivity contribution in [2.75, 3.05) is 10.2 Å². The van der Waals surface area contributed by atoms with Gasteiger partial charge < -0.3 is 51.4 Å². The first-order chi connectivity index (χ1) is 7.24. The van der Waals surface area contributed by atoms with Crippen LogP contribution >= 0.6 is 21.6 Å². The Morgan fingerprint density at radius 3 is 1.30 bits per heavy atom. The maximum absolute atomic E-state index is 4.61. The van der Waals surface area contributed by atoms with E-state index in [1.807, 2.05) is 13.3 Å². The minimum absolute atomic E-state index is 0. The average Bonchev–Trinajstić information content (AvgIpc) is 2.28. The van der Waals surface area contributed by atoms with Crippen LogP contribution in [0.2, 0.25) is 0 Å². The van der Waals surface area contributed by atoms with Crippen molar-refractivity contribution in [3.8, 4) is 0 Å². The Balaban J connectivity index is -0.0000000162. The van der Waals surface area contributed by atoms with Crippen LogP contribution in [0.1, 0.15) is 40.0 Å². The van der Waals surface area contributed by atoms with Crippen LogP contribution in [-0.4, -0.2) is 10.2 Å². The van der Waals surface area contributed by atoms with E-state index in [2.05, 4.69) is 52.4 Å². The molecule has 0 bridgehead atoms. The Morgan fingerprint density at radius 1 is 0.950 bits per heavy atom. The van der Waals surface area contributed by atoms with Crippen LogP contribution < -0.4 is 0 Å². The first-order valence-corrected chi connectivity index (χ1v) is 8.64. The van der Waals surface area contributed by atoms with Crippen molar-refractivity contribution in [3.05, 3.63) is 19.8 Å². The molecule has 0 aliphatic carbocycles. The molecule has 0 rings (SSSR count). The fourth-order valence-electron chi connectivity index (χ4n) is 0.357. The summed E-state index contributed by atoms with van der Waals surface area (Å²) in [4.78, 5) is 0. The van der Waals surface area contributed by atoms with E-state index in [0.29, 0.717) is 0 Å². The van der Waals surface area contributed by atoms with Gasteiger partial charge in [0.25, 0.3) is 0 Å². The molecule has 0 N–H and O–H groups in total. The molecule has 0 heterocycles. The van der Waals surface area contributed by atoms with E-state index in [9.17, 15) is 0 Å². The standard InChI is InChI=1S/C5H11.C4H8.C2H6S4.3W.2Y/c1-3-5-4-2;1-3-4-2;3-1-5-6-2-4;;;;;/h3H,4-5H2,1-2H3;4H,1,3H2,2H3;3-4H,1-2H2;;;;;/q-1;-2;;;2*+2;;/p-2. The topological polar surface area (TPSA) is 0 Å². The van der Waals surface area contributed by atoms with Gasteiger partial charge in [-0.15, -0.1) is 31.8 Å². The quantitative estimate of drug-likeness (QED) is 0.162. The van der Waals surface area contributed by atoms with E-state index in [0.717, 1.165) is 16.6 Å². The Labute approximate surface area is 240 Å². The average molecular weight is 1010 g/mol. The number of rotatable bonds is 6. The molecule has 2 radical (unpaired) electrons. The Bertz CT molecular complexity index is 82.7. The van der Waals surface area contributed by atoms with E-state index >= 15 is 0 Å². The summed E-state index contributed by atoms with van der Waals surface area (Å²) in [5, 5.41) is 1.50. The third-order valence-corrected chi connectivity index (χ3v) is 4.21. The summed E-state index contributed by atoms with van der Waals surface area (Å²) in [6.07, 6.45) is 7.69. The molecule has 0 saturated heterocycles. The van der Waals surface area contributed by atoms with Gasteiger partial charge in [-0.3, -0.25) is 0 Å². The summed E-state index contributed by atoms with van der Waals surface area (Å²) in [5.41, 5.74) is 0. The molecule has 0 nitrogen and oxygen atoms in total. The number of unbranched alkanes of at least 4 members (excludes halogenated alkanes) is 3. The van der Waals surface area contributed by atoms with Crippen molar-refractivity contribution in [1.82, 2.24) is 0 Å². The molecule has 0 amide bonds. The Kier molecular flexibility index (Phi) is 161. The van der Waals surface area contributed by atoms with Crippen LogP contribution in [0.25, 0.3) is 0 Å². The molecule has 0 aromatic carbocycles. The van der Waals surface area contributed by atoms with Crippen molar-refractivity contribution >= 4 is 46.8 Å². The molecule has 0 spiro atoms. The molecule has 9 heteroatoms. The second kappa shape index (κ2) is 64.2. The largest absolute Gasteiger partial charge is 2.00 e. The van der Waals surface area contributed by atoms with Gasteiger partial charge >= 0.3 is 42.1 Å². The monoisotopic (exact) mass is 1010 g/mol. The number of hydrogen-bond acceptors (Lipinski definition) is 4.